The molecule has 0 saturated heterocycles. The number of nitrogens with zero attached hydrogens (tertiary/aromatic N) is 4. The molecule has 1 aliphatic rings. The van der Waals surface area contributed by atoms with Crippen molar-refractivity contribution >= 4 is 34.7 Å². The highest BCUT2D eigenvalue weighted by Crippen LogP contribution is 2.31. The molecule has 0 unspecified atom stereocenters. The fraction of sp³-hybridized carbons (Fsp3) is 0.167. The molecule has 2 heterocycles. The monoisotopic (exact) mass is 337 g/mol. The van der Waals surface area contributed by atoms with Gasteiger partial charge in [0.25, 0.3) is 5.95 Å². The third-order valence-corrected chi connectivity index (χ3v) is 4.37. The van der Waals surface area contributed by atoms with Gasteiger partial charge in [-0.1, -0.05) is 41.9 Å². The molecule has 120 valence electrons. The van der Waals surface area contributed by atoms with Gasteiger partial charge in [-0.2, -0.15) is 10.1 Å². The van der Waals surface area contributed by atoms with Crippen LogP contribution in [0, 0.1) is 0 Å². The fourth-order valence-corrected chi connectivity index (χ4v) is 3.09. The number of para-hydroxylation sites is 2. The third-order valence-electron chi connectivity index (χ3n) is 4.04. The molecule has 0 aliphatic carbocycles. The van der Waals surface area contributed by atoms with Gasteiger partial charge >= 0.3 is 0 Å². The van der Waals surface area contributed by atoms with Crippen LogP contribution in [0.5, 0.6) is 0 Å². The van der Waals surface area contributed by atoms with Crippen LogP contribution in [0.3, 0.4) is 0 Å². The second kappa shape index (κ2) is 6.45. The van der Waals surface area contributed by atoms with Crippen molar-refractivity contribution in [2.24, 2.45) is 0 Å². The minimum Gasteiger partial charge on any atom is -0.338 e. The number of hydrogen-bond acceptors (Lipinski definition) is 5. The Morgan fingerprint density at radius 1 is 1.04 bits per heavy atom. The molecule has 0 fully saturated rings. The lowest BCUT2D eigenvalue weighted by atomic mass is 10.0. The van der Waals surface area contributed by atoms with Crippen LogP contribution in [-0.4, -0.2) is 21.7 Å². The van der Waals surface area contributed by atoms with Crippen molar-refractivity contribution in [2.75, 3.05) is 16.8 Å². The van der Waals surface area contributed by atoms with Gasteiger partial charge in [-0.05, 0) is 36.6 Å². The van der Waals surface area contributed by atoms with Crippen LogP contribution in [0.1, 0.15) is 12.0 Å². The molecular formula is C18H16ClN5. The van der Waals surface area contributed by atoms with Crippen molar-refractivity contribution in [1.29, 1.82) is 0 Å². The number of anilines is 4. The Labute approximate surface area is 145 Å². The third kappa shape index (κ3) is 2.90. The van der Waals surface area contributed by atoms with Gasteiger partial charge in [0.15, 0.2) is 5.82 Å². The molecule has 6 heteroatoms. The van der Waals surface area contributed by atoms with Gasteiger partial charge in [-0.25, -0.2) is 0 Å². The van der Waals surface area contributed by atoms with Crippen molar-refractivity contribution in [3.63, 3.8) is 0 Å². The number of hydrogen-bond donors (Lipinski definition) is 1. The highest BCUT2D eigenvalue weighted by atomic mass is 35.5. The molecule has 0 atom stereocenters. The second-order valence-electron chi connectivity index (χ2n) is 5.63. The molecule has 5 nitrogen and oxygen atoms in total. The van der Waals surface area contributed by atoms with E-state index >= 15 is 0 Å². The predicted octanol–water partition coefficient (Wildman–Crippen LogP) is 4.35. The van der Waals surface area contributed by atoms with E-state index in [1.807, 2.05) is 30.3 Å². The summed E-state index contributed by atoms with van der Waals surface area (Å²) in [5, 5.41) is 12.2. The number of fused-ring (bicyclic) bond motifs is 1. The number of halogens is 1. The Morgan fingerprint density at radius 3 is 2.79 bits per heavy atom. The molecule has 0 saturated carbocycles. The molecular weight excluding hydrogens is 322 g/mol. The van der Waals surface area contributed by atoms with Crippen LogP contribution >= 0.6 is 11.6 Å². The summed E-state index contributed by atoms with van der Waals surface area (Å²) in [6, 6.07) is 15.9. The molecule has 3 aromatic rings. The SMILES string of the molecule is Clc1ccccc1Nc1cnnc(N2CCCc3ccccc32)n1. The van der Waals surface area contributed by atoms with Gasteiger partial charge in [0.2, 0.25) is 0 Å². The molecule has 2 aromatic carbocycles. The van der Waals surface area contributed by atoms with E-state index in [0.717, 1.165) is 30.8 Å². The quantitative estimate of drug-likeness (QED) is 0.770. The van der Waals surface area contributed by atoms with Crippen LogP contribution in [0.2, 0.25) is 5.02 Å². The minimum atomic E-state index is 0.596. The average molecular weight is 338 g/mol. The van der Waals surface area contributed by atoms with E-state index in [1.54, 1.807) is 6.20 Å². The first-order chi connectivity index (χ1) is 11.8. The van der Waals surface area contributed by atoms with E-state index < -0.39 is 0 Å². The van der Waals surface area contributed by atoms with E-state index in [2.05, 4.69) is 43.6 Å². The maximum atomic E-state index is 6.19. The summed E-state index contributed by atoms with van der Waals surface area (Å²) in [4.78, 5) is 6.73. The zero-order valence-electron chi connectivity index (χ0n) is 13.0. The van der Waals surface area contributed by atoms with Crippen molar-refractivity contribution in [3.8, 4) is 0 Å². The Hall–Kier alpha value is -2.66. The van der Waals surface area contributed by atoms with E-state index in [4.69, 9.17) is 11.6 Å². The molecule has 0 bridgehead atoms. The summed E-state index contributed by atoms with van der Waals surface area (Å²) >= 11 is 6.19. The standard InChI is InChI=1S/C18H16ClN5/c19-14-8-2-3-9-15(14)21-17-12-20-23-18(22-17)24-11-5-7-13-6-1-4-10-16(13)24/h1-4,6,8-10,12H,5,7,11H2,(H,21,22,23). The first-order valence-electron chi connectivity index (χ1n) is 7.88. The summed E-state index contributed by atoms with van der Waals surface area (Å²) in [6.07, 6.45) is 3.75. The van der Waals surface area contributed by atoms with Crippen LogP contribution in [0.25, 0.3) is 0 Å². The number of aryl methyl sites for hydroxylation is 1. The van der Waals surface area contributed by atoms with Crippen LogP contribution in [0.15, 0.2) is 54.7 Å². The van der Waals surface area contributed by atoms with E-state index in [9.17, 15) is 0 Å². The lowest BCUT2D eigenvalue weighted by molar-refractivity contribution is 0.742. The normalized spacial score (nSPS) is 13.5. The van der Waals surface area contributed by atoms with E-state index in [1.165, 1.54) is 5.56 Å². The van der Waals surface area contributed by atoms with Gasteiger partial charge in [0.05, 0.1) is 16.9 Å². The van der Waals surface area contributed by atoms with Crippen molar-refractivity contribution in [2.45, 2.75) is 12.8 Å². The van der Waals surface area contributed by atoms with E-state index in [-0.39, 0.29) is 0 Å². The molecule has 1 N–H and O–H groups in total. The second-order valence-corrected chi connectivity index (χ2v) is 6.04. The highest BCUT2D eigenvalue weighted by molar-refractivity contribution is 6.33. The summed E-state index contributed by atoms with van der Waals surface area (Å²) in [5.74, 6) is 1.22. The number of nitrogens with one attached hydrogen (secondary N) is 1. The molecule has 0 spiro atoms. The van der Waals surface area contributed by atoms with Gasteiger partial charge < -0.3 is 10.2 Å². The van der Waals surface area contributed by atoms with E-state index in [0.29, 0.717) is 16.8 Å². The maximum absolute atomic E-state index is 6.19. The predicted molar refractivity (Wildman–Crippen MR) is 96.3 cm³/mol. The first-order valence-corrected chi connectivity index (χ1v) is 8.26. The molecule has 1 aromatic heterocycles. The van der Waals surface area contributed by atoms with Crippen molar-refractivity contribution in [3.05, 3.63) is 65.3 Å². The molecule has 0 radical (unpaired) electrons. The highest BCUT2D eigenvalue weighted by Gasteiger charge is 2.20. The summed E-state index contributed by atoms with van der Waals surface area (Å²) in [5.41, 5.74) is 3.27. The Kier molecular flexibility index (Phi) is 4.01. The number of benzene rings is 2. The topological polar surface area (TPSA) is 53.9 Å². The lowest BCUT2D eigenvalue weighted by Crippen LogP contribution is -2.26. The lowest BCUT2D eigenvalue weighted by Gasteiger charge is -2.29. The number of rotatable bonds is 3. The molecule has 24 heavy (non-hydrogen) atoms. The zero-order chi connectivity index (χ0) is 16.4. The van der Waals surface area contributed by atoms with Gasteiger partial charge in [0.1, 0.15) is 0 Å². The summed E-state index contributed by atoms with van der Waals surface area (Å²) < 4.78 is 0. The smallest absolute Gasteiger partial charge is 0.251 e. The Morgan fingerprint density at radius 2 is 1.88 bits per heavy atom. The van der Waals surface area contributed by atoms with Crippen molar-refractivity contribution in [1.82, 2.24) is 15.2 Å². The number of aromatic nitrogens is 3. The van der Waals surface area contributed by atoms with Gasteiger partial charge in [0, 0.05) is 12.2 Å². The van der Waals surface area contributed by atoms with Gasteiger partial charge in [-0.3, -0.25) is 0 Å². The summed E-state index contributed by atoms with van der Waals surface area (Å²) in [7, 11) is 0. The maximum Gasteiger partial charge on any atom is 0.251 e. The average Bonchev–Trinajstić information content (AvgIpc) is 2.63. The zero-order valence-corrected chi connectivity index (χ0v) is 13.7. The largest absolute Gasteiger partial charge is 0.338 e. The van der Waals surface area contributed by atoms with Gasteiger partial charge in [-0.15, -0.1) is 5.10 Å². The van der Waals surface area contributed by atoms with Crippen molar-refractivity contribution < 1.29 is 0 Å². The molecule has 1 aliphatic heterocycles. The van der Waals surface area contributed by atoms with Crippen LogP contribution in [0.4, 0.5) is 23.1 Å². The van der Waals surface area contributed by atoms with Crippen LogP contribution in [-0.2, 0) is 6.42 Å². The molecule has 0 amide bonds. The Bertz CT molecular complexity index is 867. The molecule has 4 rings (SSSR count). The Balaban J connectivity index is 1.65. The fourth-order valence-electron chi connectivity index (χ4n) is 2.91. The van der Waals surface area contributed by atoms with Crippen LogP contribution < -0.4 is 10.2 Å². The minimum absolute atomic E-state index is 0.596. The summed E-state index contributed by atoms with van der Waals surface area (Å²) in [6.45, 7) is 0.883. The first kappa shape index (κ1) is 14.9.